The average molecular weight is 265 g/mol. The van der Waals surface area contributed by atoms with Gasteiger partial charge in [-0.1, -0.05) is 18.2 Å². The largest absolute Gasteiger partial charge is 0.382 e. The number of nitrogens with zero attached hydrogens (tertiary/aromatic N) is 4. The molecule has 0 radical (unpaired) electrons. The fraction of sp³-hybridized carbons (Fsp3) is 0. The summed E-state index contributed by atoms with van der Waals surface area (Å²) in [5.74, 6) is 0.880. The highest BCUT2D eigenvalue weighted by Crippen LogP contribution is 2.20. The zero-order chi connectivity index (χ0) is 13.6. The van der Waals surface area contributed by atoms with E-state index in [1.807, 2.05) is 30.3 Å². The lowest BCUT2D eigenvalue weighted by atomic mass is 10.2. The molecule has 4 rings (SSSR count). The summed E-state index contributed by atoms with van der Waals surface area (Å²) in [6.45, 7) is 0. The molecule has 0 saturated heterocycles. The number of fused-ring (bicyclic) bond motifs is 2. The first kappa shape index (κ1) is 12.0. The predicted octanol–water partition coefficient (Wildman–Crippen LogP) is 1.97. The maximum atomic E-state index is 5.09. The minimum Gasteiger partial charge on any atom is -0.382 e. The van der Waals surface area contributed by atoms with Crippen LogP contribution in [0.2, 0.25) is 0 Å². The molecule has 98 valence electrons. The molecule has 6 nitrogen and oxygen atoms in total. The van der Waals surface area contributed by atoms with Crippen LogP contribution in [-0.2, 0) is 0 Å². The molecule has 0 fully saturated rings. The molecule has 0 saturated carbocycles. The Morgan fingerprint density at radius 1 is 1.00 bits per heavy atom. The van der Waals surface area contributed by atoms with Gasteiger partial charge in [-0.25, -0.2) is 25.4 Å². The van der Waals surface area contributed by atoms with E-state index < -0.39 is 0 Å². The monoisotopic (exact) mass is 265 g/mol. The van der Waals surface area contributed by atoms with Gasteiger partial charge in [-0.05, 0) is 12.1 Å². The lowest BCUT2D eigenvalue weighted by molar-refractivity contribution is 0.239. The molecular weight excluding hydrogens is 254 g/mol. The summed E-state index contributed by atoms with van der Waals surface area (Å²) in [6.07, 6.45) is 10.1. The fourth-order valence-electron chi connectivity index (χ4n) is 1.66. The van der Waals surface area contributed by atoms with Crippen LogP contribution in [0.3, 0.4) is 0 Å². The van der Waals surface area contributed by atoms with Gasteiger partial charge in [0.2, 0.25) is 0 Å². The Balaban J connectivity index is 0.000000121. The molecule has 0 aliphatic carbocycles. The van der Waals surface area contributed by atoms with Gasteiger partial charge in [-0.3, -0.25) is 0 Å². The Hall–Kier alpha value is -3.02. The Labute approximate surface area is 115 Å². The SMILES string of the molecule is C1=Cc2ccccc2ON1.c1cnc2ncncc2n1. The summed E-state index contributed by atoms with van der Waals surface area (Å²) < 4.78 is 0. The van der Waals surface area contributed by atoms with E-state index in [0.717, 1.165) is 16.8 Å². The predicted molar refractivity (Wildman–Crippen MR) is 74.4 cm³/mol. The second-order valence-corrected chi connectivity index (χ2v) is 3.88. The van der Waals surface area contributed by atoms with E-state index in [2.05, 4.69) is 25.4 Å². The molecule has 2 aromatic heterocycles. The van der Waals surface area contributed by atoms with E-state index in [1.165, 1.54) is 6.33 Å². The highest BCUT2D eigenvalue weighted by molar-refractivity contribution is 5.66. The molecule has 0 atom stereocenters. The Kier molecular flexibility index (Phi) is 3.46. The van der Waals surface area contributed by atoms with Gasteiger partial charge >= 0.3 is 0 Å². The number of hydrogen-bond donors (Lipinski definition) is 1. The van der Waals surface area contributed by atoms with Crippen LogP contribution < -0.4 is 10.3 Å². The van der Waals surface area contributed by atoms with Crippen molar-refractivity contribution < 1.29 is 4.84 Å². The zero-order valence-electron chi connectivity index (χ0n) is 10.5. The number of rotatable bonds is 0. The van der Waals surface area contributed by atoms with Crippen LogP contribution in [0.5, 0.6) is 5.75 Å². The highest BCUT2D eigenvalue weighted by atomic mass is 16.6. The van der Waals surface area contributed by atoms with Gasteiger partial charge in [0.1, 0.15) is 11.8 Å². The average Bonchev–Trinajstić information content (AvgIpc) is 2.56. The van der Waals surface area contributed by atoms with Crippen molar-refractivity contribution in [2.45, 2.75) is 0 Å². The van der Waals surface area contributed by atoms with E-state index in [0.29, 0.717) is 5.65 Å². The van der Waals surface area contributed by atoms with E-state index in [4.69, 9.17) is 4.84 Å². The first-order valence-corrected chi connectivity index (χ1v) is 5.98. The summed E-state index contributed by atoms with van der Waals surface area (Å²) in [7, 11) is 0. The van der Waals surface area contributed by atoms with Gasteiger partial charge in [0.25, 0.3) is 0 Å². The quantitative estimate of drug-likeness (QED) is 0.670. The Morgan fingerprint density at radius 2 is 1.90 bits per heavy atom. The normalized spacial score (nSPS) is 11.6. The summed E-state index contributed by atoms with van der Waals surface area (Å²) >= 11 is 0. The van der Waals surface area contributed by atoms with Crippen molar-refractivity contribution >= 4 is 17.2 Å². The Morgan fingerprint density at radius 3 is 2.80 bits per heavy atom. The van der Waals surface area contributed by atoms with Crippen molar-refractivity contribution in [3.63, 3.8) is 0 Å². The molecule has 20 heavy (non-hydrogen) atoms. The minimum atomic E-state index is 0.637. The van der Waals surface area contributed by atoms with Gasteiger partial charge in [-0.15, -0.1) is 0 Å². The van der Waals surface area contributed by atoms with Gasteiger partial charge < -0.3 is 4.84 Å². The van der Waals surface area contributed by atoms with Crippen LogP contribution in [-0.4, -0.2) is 19.9 Å². The highest BCUT2D eigenvalue weighted by Gasteiger charge is 2.01. The third kappa shape index (κ3) is 2.69. The van der Waals surface area contributed by atoms with Crippen molar-refractivity contribution in [1.29, 1.82) is 0 Å². The number of para-hydroxylation sites is 1. The fourth-order valence-corrected chi connectivity index (χ4v) is 1.66. The number of hydroxylamine groups is 1. The second kappa shape index (κ2) is 5.75. The van der Waals surface area contributed by atoms with E-state index in [9.17, 15) is 0 Å². The van der Waals surface area contributed by atoms with Crippen LogP contribution in [0.25, 0.3) is 17.2 Å². The van der Waals surface area contributed by atoms with E-state index >= 15 is 0 Å². The lowest BCUT2D eigenvalue weighted by Crippen LogP contribution is -2.13. The Bertz CT molecular complexity index is 679. The first-order chi connectivity index (χ1) is 9.93. The molecule has 0 spiro atoms. The molecule has 0 amide bonds. The van der Waals surface area contributed by atoms with E-state index in [-0.39, 0.29) is 0 Å². The summed E-state index contributed by atoms with van der Waals surface area (Å²) in [6, 6.07) is 7.86. The molecule has 1 aliphatic rings. The molecular formula is C14H11N5O. The first-order valence-electron chi connectivity index (χ1n) is 5.98. The summed E-state index contributed by atoms with van der Waals surface area (Å²) in [5, 5.41) is 0. The van der Waals surface area contributed by atoms with Crippen LogP contribution in [0.4, 0.5) is 0 Å². The van der Waals surface area contributed by atoms with Gasteiger partial charge in [0, 0.05) is 24.2 Å². The van der Waals surface area contributed by atoms with Crippen LogP contribution >= 0.6 is 0 Å². The van der Waals surface area contributed by atoms with Crippen molar-refractivity contribution in [3.05, 3.63) is 60.9 Å². The van der Waals surface area contributed by atoms with Crippen molar-refractivity contribution in [2.75, 3.05) is 0 Å². The topological polar surface area (TPSA) is 72.8 Å². The molecule has 1 aliphatic heterocycles. The zero-order valence-corrected chi connectivity index (χ0v) is 10.5. The summed E-state index contributed by atoms with van der Waals surface area (Å²) in [5.41, 5.74) is 5.14. The third-order valence-corrected chi connectivity index (χ3v) is 2.57. The van der Waals surface area contributed by atoms with Crippen molar-refractivity contribution in [3.8, 4) is 5.75 Å². The minimum absolute atomic E-state index is 0.637. The molecule has 3 heterocycles. The van der Waals surface area contributed by atoms with Gasteiger partial charge in [-0.2, -0.15) is 0 Å². The van der Waals surface area contributed by atoms with Crippen LogP contribution in [0, 0.1) is 0 Å². The van der Waals surface area contributed by atoms with E-state index in [1.54, 1.807) is 24.8 Å². The molecule has 3 aromatic rings. The third-order valence-electron chi connectivity index (χ3n) is 2.57. The standard InChI is InChI=1S/C8H7NO.C6H4N4/c1-2-4-8-7(3-1)5-6-9-10-8;1-2-9-6-5(8-1)3-7-4-10-6/h1-6,9H;1-4H. The lowest BCUT2D eigenvalue weighted by Gasteiger charge is -2.11. The molecule has 0 bridgehead atoms. The molecule has 0 unspecified atom stereocenters. The van der Waals surface area contributed by atoms with Gasteiger partial charge in [0.15, 0.2) is 11.4 Å². The molecule has 1 aromatic carbocycles. The number of nitrogens with one attached hydrogen (secondary N) is 1. The maximum Gasteiger partial charge on any atom is 0.181 e. The van der Waals surface area contributed by atoms with Gasteiger partial charge in [0.05, 0.1) is 6.20 Å². The smallest absolute Gasteiger partial charge is 0.181 e. The van der Waals surface area contributed by atoms with Crippen molar-refractivity contribution in [1.82, 2.24) is 25.4 Å². The summed E-state index contributed by atoms with van der Waals surface area (Å²) in [4.78, 5) is 20.7. The molecule has 6 heteroatoms. The number of benzene rings is 1. The number of hydrogen-bond acceptors (Lipinski definition) is 6. The molecule has 1 N–H and O–H groups in total. The van der Waals surface area contributed by atoms with Crippen LogP contribution in [0.1, 0.15) is 5.56 Å². The van der Waals surface area contributed by atoms with Crippen LogP contribution in [0.15, 0.2) is 55.4 Å². The van der Waals surface area contributed by atoms with Crippen molar-refractivity contribution in [2.24, 2.45) is 0 Å². The maximum absolute atomic E-state index is 5.09. The number of aromatic nitrogens is 4. The second-order valence-electron chi connectivity index (χ2n) is 3.88.